The minimum Gasteiger partial charge on any atom is -0.379 e. The van der Waals surface area contributed by atoms with Gasteiger partial charge in [0.25, 0.3) is 0 Å². The predicted molar refractivity (Wildman–Crippen MR) is 514 cm³/mol. The Morgan fingerprint density at radius 2 is 0.241 bits per heavy atom. The second-order valence-corrected chi connectivity index (χ2v) is 30.7. The van der Waals surface area contributed by atoms with Crippen molar-refractivity contribution >= 4 is 11.8 Å². The Hall–Kier alpha value is -2.50. The van der Waals surface area contributed by atoms with Crippen molar-refractivity contribution in [2.75, 3.05) is 482 Å². The van der Waals surface area contributed by atoms with E-state index in [1.807, 2.05) is 0 Å². The SMILES string of the molecule is CCCCCCCCCCCCCCCCCCCCCC(=O)NCCOCCOCCOCCOCCOCCOCCOCCOCCOCCOCCOCCOCCOCCOCCOCCOCCOCCOCCOCCOCCOCCOCCOCCOCCOCCOCCOCCOCCOCCOCCOCCOCCOCCOCCOCCOCCC(N)=O. The number of nitrogens with one attached hydrogen (secondary N) is 1. The van der Waals surface area contributed by atoms with E-state index in [2.05, 4.69) is 12.2 Å². The van der Waals surface area contributed by atoms with E-state index in [1.165, 1.54) is 109 Å². The van der Waals surface area contributed by atoms with Crippen LogP contribution in [-0.2, 0) is 180 Å². The summed E-state index contributed by atoms with van der Waals surface area (Å²) in [6.07, 6.45) is 26.5. The molecular formula is C97H194N2O38. The molecule has 0 radical (unpaired) electrons. The zero-order valence-electron chi connectivity index (χ0n) is 85.1. The number of ether oxygens (including phenoxy) is 36. The van der Waals surface area contributed by atoms with Crippen molar-refractivity contribution in [3.8, 4) is 0 Å². The number of hydrogen-bond acceptors (Lipinski definition) is 38. The molecule has 40 heteroatoms. The van der Waals surface area contributed by atoms with Gasteiger partial charge >= 0.3 is 0 Å². The number of primary amides is 1. The lowest BCUT2D eigenvalue weighted by Gasteiger charge is -2.09. The van der Waals surface area contributed by atoms with E-state index in [4.69, 9.17) is 176 Å². The molecule has 0 bridgehead atoms. The van der Waals surface area contributed by atoms with Crippen LogP contribution in [0.5, 0.6) is 0 Å². The van der Waals surface area contributed by atoms with Crippen LogP contribution in [-0.4, -0.2) is 494 Å². The molecule has 0 rings (SSSR count). The normalized spacial score (nSPS) is 11.8. The fourth-order valence-electron chi connectivity index (χ4n) is 11.7. The molecule has 0 unspecified atom stereocenters. The van der Waals surface area contributed by atoms with Gasteiger partial charge in [0.15, 0.2) is 0 Å². The highest BCUT2D eigenvalue weighted by atomic mass is 16.6. The van der Waals surface area contributed by atoms with Gasteiger partial charge < -0.3 is 182 Å². The molecule has 0 aromatic rings. The average Bonchev–Trinajstić information content (AvgIpc) is 1.04. The van der Waals surface area contributed by atoms with Crippen LogP contribution in [0.1, 0.15) is 142 Å². The summed E-state index contributed by atoms with van der Waals surface area (Å²) in [6.45, 7) is 36.8. The first-order valence-corrected chi connectivity index (χ1v) is 51.5. The van der Waals surface area contributed by atoms with Crippen molar-refractivity contribution in [2.24, 2.45) is 5.73 Å². The van der Waals surface area contributed by atoms with Crippen molar-refractivity contribution in [2.45, 2.75) is 142 Å². The van der Waals surface area contributed by atoms with E-state index in [1.54, 1.807) is 0 Å². The third-order valence-electron chi connectivity index (χ3n) is 19.1. The Kier molecular flexibility index (Phi) is 127. The number of carbonyl (C=O) groups is 2. The molecule has 0 aromatic heterocycles. The molecule has 2 amide bonds. The summed E-state index contributed by atoms with van der Waals surface area (Å²) in [5.74, 6) is -0.269. The van der Waals surface area contributed by atoms with Crippen molar-refractivity contribution < 1.29 is 180 Å². The van der Waals surface area contributed by atoms with Crippen molar-refractivity contribution in [3.05, 3.63) is 0 Å². The van der Waals surface area contributed by atoms with E-state index in [0.717, 1.165) is 12.8 Å². The Balaban J connectivity index is 3.12. The first-order chi connectivity index (χ1) is 68.2. The minimum atomic E-state index is -0.382. The molecule has 40 nitrogen and oxygen atoms in total. The summed E-state index contributed by atoms with van der Waals surface area (Å²) in [5.41, 5.74) is 5.04. The molecule has 0 fully saturated rings. The predicted octanol–water partition coefficient (Wildman–Crippen LogP) is 7.40. The summed E-state index contributed by atoms with van der Waals surface area (Å²) in [7, 11) is 0. The topological polar surface area (TPSA) is 404 Å². The Labute approximate surface area is 823 Å². The average molecular weight is 2000 g/mol. The number of unbranched alkanes of at least 4 members (excludes halogenated alkanes) is 18. The van der Waals surface area contributed by atoms with Gasteiger partial charge in [0.1, 0.15) is 0 Å². The van der Waals surface area contributed by atoms with Gasteiger partial charge in [0.2, 0.25) is 11.8 Å². The summed E-state index contributed by atoms with van der Waals surface area (Å²) in [6, 6.07) is 0. The lowest BCUT2D eigenvalue weighted by atomic mass is 10.0. The molecular weight excluding hydrogens is 1800 g/mol. The molecule has 0 aliphatic heterocycles. The van der Waals surface area contributed by atoms with Crippen LogP contribution >= 0.6 is 0 Å². The number of amides is 2. The van der Waals surface area contributed by atoms with Gasteiger partial charge in [-0.05, 0) is 6.42 Å². The van der Waals surface area contributed by atoms with Crippen LogP contribution in [0, 0.1) is 0 Å². The van der Waals surface area contributed by atoms with Crippen molar-refractivity contribution in [1.82, 2.24) is 5.32 Å². The molecule has 0 spiro atoms. The maximum Gasteiger partial charge on any atom is 0.220 e. The number of carbonyl (C=O) groups excluding carboxylic acids is 2. The zero-order valence-corrected chi connectivity index (χ0v) is 85.1. The number of hydrogen-bond donors (Lipinski definition) is 2. The summed E-state index contributed by atoms with van der Waals surface area (Å²) in [5, 5.41) is 2.96. The van der Waals surface area contributed by atoms with Gasteiger partial charge in [-0.25, -0.2) is 0 Å². The highest BCUT2D eigenvalue weighted by Gasteiger charge is 2.08. The molecule has 137 heavy (non-hydrogen) atoms. The van der Waals surface area contributed by atoms with Crippen LogP contribution in [0.4, 0.5) is 0 Å². The molecule has 0 aliphatic carbocycles. The maximum atomic E-state index is 12.1. The Morgan fingerprint density at radius 3 is 0.358 bits per heavy atom. The zero-order chi connectivity index (χ0) is 97.8. The van der Waals surface area contributed by atoms with E-state index < -0.39 is 0 Å². The van der Waals surface area contributed by atoms with Gasteiger partial charge in [0.05, 0.1) is 476 Å². The van der Waals surface area contributed by atoms with Crippen molar-refractivity contribution in [3.63, 3.8) is 0 Å². The minimum absolute atomic E-state index is 0.113. The lowest BCUT2D eigenvalue weighted by molar-refractivity contribution is -0.121. The first-order valence-electron chi connectivity index (χ1n) is 51.5. The highest BCUT2D eigenvalue weighted by molar-refractivity contribution is 5.75. The van der Waals surface area contributed by atoms with E-state index >= 15 is 0 Å². The van der Waals surface area contributed by atoms with Gasteiger partial charge in [-0.2, -0.15) is 0 Å². The number of nitrogens with two attached hydrogens (primary N) is 1. The largest absolute Gasteiger partial charge is 0.379 e. The Bertz CT molecular complexity index is 2130. The second-order valence-electron chi connectivity index (χ2n) is 30.7. The fraction of sp³-hybridized carbons (Fsp3) is 0.979. The third-order valence-corrected chi connectivity index (χ3v) is 19.1. The maximum absolute atomic E-state index is 12.1. The van der Waals surface area contributed by atoms with E-state index in [0.29, 0.717) is 489 Å². The fourth-order valence-corrected chi connectivity index (χ4v) is 11.7. The van der Waals surface area contributed by atoms with Crippen LogP contribution in [0.25, 0.3) is 0 Å². The van der Waals surface area contributed by atoms with Crippen LogP contribution < -0.4 is 11.1 Å². The smallest absolute Gasteiger partial charge is 0.220 e. The molecule has 0 saturated carbocycles. The van der Waals surface area contributed by atoms with E-state index in [9.17, 15) is 9.59 Å². The monoisotopic (exact) mass is 2000 g/mol. The molecule has 3 N–H and O–H groups in total. The van der Waals surface area contributed by atoms with Gasteiger partial charge in [0, 0.05) is 19.4 Å². The van der Waals surface area contributed by atoms with Crippen LogP contribution in [0.15, 0.2) is 0 Å². The van der Waals surface area contributed by atoms with Crippen LogP contribution in [0.3, 0.4) is 0 Å². The van der Waals surface area contributed by atoms with Crippen LogP contribution in [0.2, 0.25) is 0 Å². The Morgan fingerprint density at radius 1 is 0.139 bits per heavy atom. The summed E-state index contributed by atoms with van der Waals surface area (Å²) < 4.78 is 199. The third kappa shape index (κ3) is 131. The van der Waals surface area contributed by atoms with Gasteiger partial charge in [-0.15, -0.1) is 0 Å². The molecule has 0 heterocycles. The van der Waals surface area contributed by atoms with Gasteiger partial charge in [-0.1, -0.05) is 122 Å². The highest BCUT2D eigenvalue weighted by Crippen LogP contribution is 2.15. The summed E-state index contributed by atoms with van der Waals surface area (Å²) in [4.78, 5) is 22.8. The molecule has 0 aliphatic rings. The molecule has 0 aromatic carbocycles. The lowest BCUT2D eigenvalue weighted by Crippen LogP contribution is -2.27. The molecule has 0 saturated heterocycles. The second kappa shape index (κ2) is 130. The quantitative estimate of drug-likeness (QED) is 0.0560. The molecule has 820 valence electrons. The molecule has 0 atom stereocenters. The van der Waals surface area contributed by atoms with E-state index in [-0.39, 0.29) is 18.2 Å². The number of rotatable bonds is 131. The first kappa shape index (κ1) is 134. The summed E-state index contributed by atoms with van der Waals surface area (Å²) >= 11 is 0. The van der Waals surface area contributed by atoms with Crippen molar-refractivity contribution in [1.29, 1.82) is 0 Å². The standard InChI is InChI=1S/C97H194N2O38/c1-2-3-4-5-6-7-8-9-10-11-12-13-14-15-16-17-18-19-20-21-97(101)99-23-25-103-27-29-105-31-33-107-35-37-109-39-41-111-43-45-113-47-49-115-51-53-117-55-57-119-59-61-121-63-65-123-67-69-125-71-73-127-75-77-129-79-81-131-83-85-133-87-89-135-91-93-137-95-94-136-92-90-134-88-86-132-84-82-130-80-78-128-76-74-126-72-70-124-68-66-122-64-62-120-60-58-118-56-54-116-52-50-114-48-46-112-44-42-110-40-38-108-36-34-106-32-30-104-28-26-102-24-22-96(98)100/h2-95H2,1H3,(H2,98,100)(H,99,101). The van der Waals surface area contributed by atoms with Gasteiger partial charge in [-0.3, -0.25) is 9.59 Å².